The quantitative estimate of drug-likeness (QED) is 0.944. The van der Waals surface area contributed by atoms with Crippen LogP contribution in [-0.2, 0) is 6.42 Å². The maximum Gasteiger partial charge on any atom is 0.257 e. The summed E-state index contributed by atoms with van der Waals surface area (Å²) < 4.78 is 13.8. The fourth-order valence-electron chi connectivity index (χ4n) is 2.89. The number of aliphatic hydroxyl groups excluding tert-OH is 1. The van der Waals surface area contributed by atoms with E-state index in [1.807, 2.05) is 12.1 Å². The molecular formula is C17H17FN2O2. The number of halogens is 1. The Bertz CT molecular complexity index is 663. The Morgan fingerprint density at radius 2 is 2.00 bits per heavy atom. The van der Waals surface area contributed by atoms with Crippen molar-refractivity contribution >= 4 is 5.91 Å². The molecule has 1 aromatic carbocycles. The van der Waals surface area contributed by atoms with Gasteiger partial charge in [-0.2, -0.15) is 0 Å². The van der Waals surface area contributed by atoms with E-state index in [2.05, 4.69) is 4.98 Å². The lowest BCUT2D eigenvalue weighted by Crippen LogP contribution is -2.41. The Morgan fingerprint density at radius 1 is 1.27 bits per heavy atom. The van der Waals surface area contributed by atoms with E-state index < -0.39 is 11.9 Å². The van der Waals surface area contributed by atoms with Gasteiger partial charge in [0.05, 0.1) is 17.7 Å². The summed E-state index contributed by atoms with van der Waals surface area (Å²) in [6.45, 7) is 0.435. The third-order valence-electron chi connectivity index (χ3n) is 4.07. The maximum atomic E-state index is 13.8. The third-order valence-corrected chi connectivity index (χ3v) is 4.07. The molecule has 1 amide bonds. The van der Waals surface area contributed by atoms with Crippen molar-refractivity contribution in [3.63, 3.8) is 0 Å². The highest BCUT2D eigenvalue weighted by Crippen LogP contribution is 2.24. The van der Waals surface area contributed by atoms with Crippen molar-refractivity contribution in [3.8, 4) is 0 Å². The van der Waals surface area contributed by atoms with Crippen molar-refractivity contribution in [1.82, 2.24) is 9.88 Å². The second-order valence-electron chi connectivity index (χ2n) is 5.46. The van der Waals surface area contributed by atoms with Gasteiger partial charge in [0.2, 0.25) is 0 Å². The predicted molar refractivity (Wildman–Crippen MR) is 79.8 cm³/mol. The van der Waals surface area contributed by atoms with Crippen molar-refractivity contribution in [2.24, 2.45) is 0 Å². The molecule has 22 heavy (non-hydrogen) atoms. The minimum atomic E-state index is -0.594. The van der Waals surface area contributed by atoms with Gasteiger partial charge in [0.15, 0.2) is 0 Å². The van der Waals surface area contributed by atoms with Crippen LogP contribution in [0.2, 0.25) is 0 Å². The predicted octanol–water partition coefficient (Wildman–Crippen LogP) is 2.04. The molecule has 0 radical (unpaired) electrons. The summed E-state index contributed by atoms with van der Waals surface area (Å²) in [6.07, 6.45) is 3.81. The summed E-state index contributed by atoms with van der Waals surface area (Å²) in [5.41, 5.74) is 1.05. The van der Waals surface area contributed by atoms with E-state index in [4.69, 9.17) is 0 Å². The van der Waals surface area contributed by atoms with Gasteiger partial charge >= 0.3 is 0 Å². The highest BCUT2D eigenvalue weighted by atomic mass is 19.1. The highest BCUT2D eigenvalue weighted by Gasteiger charge is 2.36. The lowest BCUT2D eigenvalue weighted by molar-refractivity contribution is 0.0635. The van der Waals surface area contributed by atoms with Crippen molar-refractivity contribution in [2.45, 2.75) is 25.0 Å². The number of likely N-dealkylation sites (tertiary alicyclic amines) is 1. The van der Waals surface area contributed by atoms with Crippen LogP contribution in [0.3, 0.4) is 0 Å². The van der Waals surface area contributed by atoms with E-state index in [9.17, 15) is 14.3 Å². The molecule has 0 spiro atoms. The summed E-state index contributed by atoms with van der Waals surface area (Å²) in [7, 11) is 0. The van der Waals surface area contributed by atoms with Gasteiger partial charge in [-0.3, -0.25) is 9.78 Å². The zero-order valence-corrected chi connectivity index (χ0v) is 12.0. The van der Waals surface area contributed by atoms with Crippen molar-refractivity contribution in [3.05, 3.63) is 65.7 Å². The normalized spacial score (nSPS) is 21.1. The summed E-state index contributed by atoms with van der Waals surface area (Å²) in [4.78, 5) is 18.1. The zero-order chi connectivity index (χ0) is 15.5. The monoisotopic (exact) mass is 300 g/mol. The third kappa shape index (κ3) is 2.85. The number of hydrogen-bond acceptors (Lipinski definition) is 3. The number of aromatic nitrogens is 1. The van der Waals surface area contributed by atoms with Crippen LogP contribution in [0.5, 0.6) is 0 Å². The van der Waals surface area contributed by atoms with E-state index >= 15 is 0 Å². The second-order valence-corrected chi connectivity index (χ2v) is 5.46. The van der Waals surface area contributed by atoms with E-state index in [1.165, 1.54) is 12.1 Å². The Morgan fingerprint density at radius 3 is 2.73 bits per heavy atom. The average Bonchev–Trinajstić information content (AvgIpc) is 2.89. The molecule has 2 heterocycles. The van der Waals surface area contributed by atoms with Gasteiger partial charge in [-0.15, -0.1) is 0 Å². The van der Waals surface area contributed by atoms with Gasteiger partial charge in [0.1, 0.15) is 5.82 Å². The summed E-state index contributed by atoms with van der Waals surface area (Å²) in [5, 5.41) is 10.2. The molecular weight excluding hydrogens is 283 g/mol. The topological polar surface area (TPSA) is 53.4 Å². The number of aliphatic hydroxyl groups is 1. The molecule has 0 saturated carbocycles. The molecule has 1 saturated heterocycles. The summed E-state index contributed by atoms with van der Waals surface area (Å²) in [5.74, 6) is -0.898. The van der Waals surface area contributed by atoms with E-state index in [0.29, 0.717) is 19.4 Å². The highest BCUT2D eigenvalue weighted by molar-refractivity contribution is 5.95. The van der Waals surface area contributed by atoms with Crippen molar-refractivity contribution in [1.29, 1.82) is 0 Å². The molecule has 2 aromatic rings. The number of carbonyl (C=O) groups is 1. The van der Waals surface area contributed by atoms with Gasteiger partial charge in [-0.1, -0.05) is 12.1 Å². The first-order valence-corrected chi connectivity index (χ1v) is 7.29. The molecule has 0 bridgehead atoms. The largest absolute Gasteiger partial charge is 0.391 e. The first kappa shape index (κ1) is 14.7. The molecule has 1 aliphatic heterocycles. The lowest BCUT2D eigenvalue weighted by atomic mass is 10.0. The average molecular weight is 300 g/mol. The molecule has 3 rings (SSSR count). The van der Waals surface area contributed by atoms with Gasteiger partial charge in [-0.05, 0) is 42.7 Å². The van der Waals surface area contributed by atoms with E-state index in [1.54, 1.807) is 29.4 Å². The first-order valence-electron chi connectivity index (χ1n) is 7.29. The Kier molecular flexibility index (Phi) is 4.15. The Hall–Kier alpha value is -2.27. The van der Waals surface area contributed by atoms with E-state index in [0.717, 1.165) is 5.56 Å². The van der Waals surface area contributed by atoms with Crippen LogP contribution in [0, 0.1) is 5.82 Å². The number of pyridine rings is 1. The molecule has 0 unspecified atom stereocenters. The number of amides is 1. The minimum absolute atomic E-state index is 0.0522. The van der Waals surface area contributed by atoms with Gasteiger partial charge in [0, 0.05) is 18.9 Å². The number of benzene rings is 1. The van der Waals surface area contributed by atoms with Crippen LogP contribution in [0.1, 0.15) is 22.3 Å². The minimum Gasteiger partial charge on any atom is -0.391 e. The molecule has 5 heteroatoms. The maximum absolute atomic E-state index is 13.8. The number of carbonyl (C=O) groups excluding carboxylic acids is 1. The molecule has 4 nitrogen and oxygen atoms in total. The molecule has 1 N–H and O–H groups in total. The van der Waals surface area contributed by atoms with Crippen LogP contribution >= 0.6 is 0 Å². The van der Waals surface area contributed by atoms with Crippen molar-refractivity contribution < 1.29 is 14.3 Å². The van der Waals surface area contributed by atoms with Gasteiger partial charge in [-0.25, -0.2) is 4.39 Å². The fourth-order valence-corrected chi connectivity index (χ4v) is 2.89. The Labute approximate surface area is 128 Å². The van der Waals surface area contributed by atoms with Crippen LogP contribution in [0.25, 0.3) is 0 Å². The standard InChI is InChI=1S/C17H17FN2O2/c18-14-4-2-1-3-13(14)17(22)20-10-7-16(21)15(20)11-12-5-8-19-9-6-12/h1-6,8-9,15-16,21H,7,10-11H2/t15-,16+/m0/s1. The summed E-state index contributed by atoms with van der Waals surface area (Å²) in [6, 6.07) is 9.33. The van der Waals surface area contributed by atoms with Crippen LogP contribution < -0.4 is 0 Å². The van der Waals surface area contributed by atoms with Crippen LogP contribution in [0.15, 0.2) is 48.8 Å². The summed E-state index contributed by atoms with van der Waals surface area (Å²) >= 11 is 0. The molecule has 1 fully saturated rings. The molecule has 2 atom stereocenters. The van der Waals surface area contributed by atoms with Crippen LogP contribution in [0.4, 0.5) is 4.39 Å². The van der Waals surface area contributed by atoms with Gasteiger partial charge < -0.3 is 10.0 Å². The first-order chi connectivity index (χ1) is 10.7. The SMILES string of the molecule is O=C(c1ccccc1F)N1CC[C@@H](O)[C@@H]1Cc1ccncc1. The lowest BCUT2D eigenvalue weighted by Gasteiger charge is -2.26. The smallest absolute Gasteiger partial charge is 0.257 e. The second kappa shape index (κ2) is 6.23. The molecule has 114 valence electrons. The fraction of sp³-hybridized carbons (Fsp3) is 0.294. The Balaban J connectivity index is 1.83. The zero-order valence-electron chi connectivity index (χ0n) is 12.0. The molecule has 1 aromatic heterocycles. The number of hydrogen-bond donors (Lipinski definition) is 1. The van der Waals surface area contributed by atoms with E-state index in [-0.39, 0.29) is 17.5 Å². The van der Waals surface area contributed by atoms with Gasteiger partial charge in [0.25, 0.3) is 5.91 Å². The molecule has 1 aliphatic rings. The van der Waals surface area contributed by atoms with Crippen LogP contribution in [-0.4, -0.2) is 39.6 Å². The molecule has 0 aliphatic carbocycles. The number of nitrogens with zero attached hydrogens (tertiary/aromatic N) is 2. The van der Waals surface area contributed by atoms with Crippen molar-refractivity contribution in [2.75, 3.05) is 6.54 Å². The number of rotatable bonds is 3.